The van der Waals surface area contributed by atoms with E-state index in [0.717, 1.165) is 31.2 Å². The Balaban J connectivity index is 1.87. The second kappa shape index (κ2) is 7.87. The number of ether oxygens (including phenoxy) is 1. The molecule has 1 aliphatic rings. The Morgan fingerprint density at radius 3 is 2.26 bits per heavy atom. The first-order chi connectivity index (χ1) is 11.0. The van der Waals surface area contributed by atoms with E-state index in [1.807, 2.05) is 12.1 Å². The number of nitrogens with zero attached hydrogens (tertiary/aromatic N) is 1. The van der Waals surface area contributed by atoms with Gasteiger partial charge in [0.05, 0.1) is 6.07 Å². The van der Waals surface area contributed by atoms with Crippen LogP contribution in [0.1, 0.15) is 37.2 Å². The van der Waals surface area contributed by atoms with Crippen molar-refractivity contribution in [2.45, 2.75) is 38.0 Å². The number of halogens is 3. The lowest BCUT2D eigenvalue weighted by atomic mass is 9.78. The van der Waals surface area contributed by atoms with Gasteiger partial charge in [0, 0.05) is 6.08 Å². The average molecular weight is 321 g/mol. The maximum absolute atomic E-state index is 12.1. The zero-order valence-electron chi connectivity index (χ0n) is 12.6. The molecular weight excluding hydrogens is 303 g/mol. The predicted molar refractivity (Wildman–Crippen MR) is 81.7 cm³/mol. The summed E-state index contributed by atoms with van der Waals surface area (Å²) in [5.41, 5.74) is 1.06. The number of benzene rings is 1. The highest BCUT2D eigenvalue weighted by Gasteiger charge is 2.31. The summed E-state index contributed by atoms with van der Waals surface area (Å²) in [6.45, 7) is 0. The van der Waals surface area contributed by atoms with Gasteiger partial charge in [-0.3, -0.25) is 0 Å². The Morgan fingerprint density at radius 1 is 1.04 bits per heavy atom. The van der Waals surface area contributed by atoms with Gasteiger partial charge in [0.1, 0.15) is 5.75 Å². The van der Waals surface area contributed by atoms with E-state index in [1.54, 1.807) is 18.2 Å². The summed E-state index contributed by atoms with van der Waals surface area (Å²) in [6, 6.07) is 8.13. The van der Waals surface area contributed by atoms with Gasteiger partial charge in [-0.05, 0) is 55.2 Å². The fraction of sp³-hybridized carbons (Fsp3) is 0.389. The summed E-state index contributed by atoms with van der Waals surface area (Å²) in [6.07, 6.45) is 6.64. The van der Waals surface area contributed by atoms with Crippen LogP contribution in [0, 0.1) is 17.2 Å². The lowest BCUT2D eigenvalue weighted by molar-refractivity contribution is -0.274. The van der Waals surface area contributed by atoms with Crippen LogP contribution in [-0.2, 0) is 0 Å². The van der Waals surface area contributed by atoms with Crippen molar-refractivity contribution < 1.29 is 17.9 Å². The summed E-state index contributed by atoms with van der Waals surface area (Å²) in [5, 5.41) is 8.40. The van der Waals surface area contributed by atoms with Crippen LogP contribution in [0.5, 0.6) is 5.75 Å². The van der Waals surface area contributed by atoms with E-state index >= 15 is 0 Å². The van der Waals surface area contributed by atoms with Gasteiger partial charge in [0.2, 0.25) is 0 Å². The number of nitriles is 1. The van der Waals surface area contributed by atoms with Crippen molar-refractivity contribution in [3.63, 3.8) is 0 Å². The van der Waals surface area contributed by atoms with Crippen LogP contribution in [0.15, 0.2) is 48.6 Å². The molecule has 1 fully saturated rings. The topological polar surface area (TPSA) is 33.0 Å². The third-order valence-electron chi connectivity index (χ3n) is 4.02. The summed E-state index contributed by atoms with van der Waals surface area (Å²) in [7, 11) is 0. The largest absolute Gasteiger partial charge is 0.573 e. The molecular formula is C18H18F3NO. The molecule has 0 aromatic heterocycles. The van der Waals surface area contributed by atoms with Crippen molar-refractivity contribution in [2.24, 2.45) is 5.92 Å². The van der Waals surface area contributed by atoms with Gasteiger partial charge in [0.15, 0.2) is 0 Å². The SMILES string of the molecule is N#CC=CC=CC1CCC(c2ccc(OC(F)(F)F)cc2)CC1. The first-order valence-corrected chi connectivity index (χ1v) is 7.56. The summed E-state index contributed by atoms with van der Waals surface area (Å²) in [5.74, 6) is 0.707. The van der Waals surface area contributed by atoms with Gasteiger partial charge in [0.25, 0.3) is 0 Å². The van der Waals surface area contributed by atoms with Gasteiger partial charge in [-0.15, -0.1) is 13.2 Å². The fourth-order valence-corrected chi connectivity index (χ4v) is 2.91. The lowest BCUT2D eigenvalue weighted by Gasteiger charge is -2.27. The maximum Gasteiger partial charge on any atom is 0.573 e. The smallest absolute Gasteiger partial charge is 0.406 e. The van der Waals surface area contributed by atoms with Crippen molar-refractivity contribution in [1.82, 2.24) is 0 Å². The molecule has 1 aromatic carbocycles. The van der Waals surface area contributed by atoms with Crippen LogP contribution in [0.3, 0.4) is 0 Å². The molecule has 0 saturated heterocycles. The normalized spacial score (nSPS) is 22.3. The summed E-state index contributed by atoms with van der Waals surface area (Å²) >= 11 is 0. The van der Waals surface area contributed by atoms with Crippen molar-refractivity contribution in [3.05, 3.63) is 54.1 Å². The lowest BCUT2D eigenvalue weighted by Crippen LogP contribution is -2.17. The van der Waals surface area contributed by atoms with Gasteiger partial charge in [-0.1, -0.05) is 30.4 Å². The Kier molecular flexibility index (Phi) is 5.86. The molecule has 1 aliphatic carbocycles. The Bertz CT molecular complexity index is 588. The van der Waals surface area contributed by atoms with E-state index in [4.69, 9.17) is 5.26 Å². The Morgan fingerprint density at radius 2 is 1.70 bits per heavy atom. The van der Waals surface area contributed by atoms with Gasteiger partial charge >= 0.3 is 6.36 Å². The number of hydrogen-bond donors (Lipinski definition) is 0. The third-order valence-corrected chi connectivity index (χ3v) is 4.02. The standard InChI is InChI=1S/C18H18F3NO/c19-18(20,21)23-17-11-9-16(10-12-17)15-7-5-14(6-8-15)4-2-1-3-13-22/h1-4,9-12,14-15H,5-8H2. The molecule has 1 aromatic rings. The minimum atomic E-state index is -4.65. The number of rotatable bonds is 4. The second-order valence-electron chi connectivity index (χ2n) is 5.60. The van der Waals surface area contributed by atoms with Crippen LogP contribution < -0.4 is 4.74 Å². The van der Waals surface area contributed by atoms with E-state index in [2.05, 4.69) is 10.8 Å². The third kappa shape index (κ3) is 5.82. The van der Waals surface area contributed by atoms with Crippen molar-refractivity contribution in [2.75, 3.05) is 0 Å². The zero-order valence-corrected chi connectivity index (χ0v) is 12.6. The van der Waals surface area contributed by atoms with Crippen molar-refractivity contribution in [1.29, 1.82) is 5.26 Å². The van der Waals surface area contributed by atoms with E-state index in [0.29, 0.717) is 11.8 Å². The molecule has 5 heteroatoms. The second-order valence-corrected chi connectivity index (χ2v) is 5.60. The molecule has 122 valence electrons. The molecule has 0 N–H and O–H groups in total. The minimum Gasteiger partial charge on any atom is -0.406 e. The molecule has 2 rings (SSSR count). The maximum atomic E-state index is 12.1. The molecule has 2 nitrogen and oxygen atoms in total. The fourth-order valence-electron chi connectivity index (χ4n) is 2.91. The quantitative estimate of drug-likeness (QED) is 0.542. The van der Waals surface area contributed by atoms with E-state index in [1.165, 1.54) is 18.2 Å². The average Bonchev–Trinajstić information content (AvgIpc) is 2.52. The molecule has 0 amide bonds. The zero-order chi connectivity index (χ0) is 16.7. The van der Waals surface area contributed by atoms with E-state index in [9.17, 15) is 13.2 Å². The van der Waals surface area contributed by atoms with Gasteiger partial charge < -0.3 is 4.74 Å². The molecule has 0 unspecified atom stereocenters. The van der Waals surface area contributed by atoms with Gasteiger partial charge in [-0.25, -0.2) is 0 Å². The first-order valence-electron chi connectivity index (χ1n) is 7.56. The molecule has 0 aliphatic heterocycles. The van der Waals surface area contributed by atoms with Crippen molar-refractivity contribution >= 4 is 0 Å². The first kappa shape index (κ1) is 17.1. The van der Waals surface area contributed by atoms with Crippen LogP contribution in [-0.4, -0.2) is 6.36 Å². The molecule has 0 heterocycles. The predicted octanol–water partition coefficient (Wildman–Crippen LogP) is 5.49. The van der Waals surface area contributed by atoms with Crippen LogP contribution in [0.25, 0.3) is 0 Å². The van der Waals surface area contributed by atoms with Crippen LogP contribution in [0.2, 0.25) is 0 Å². The summed E-state index contributed by atoms with van der Waals surface area (Å²) in [4.78, 5) is 0. The molecule has 1 saturated carbocycles. The van der Waals surface area contributed by atoms with Crippen molar-refractivity contribution in [3.8, 4) is 11.8 Å². The molecule has 0 radical (unpaired) electrons. The highest BCUT2D eigenvalue weighted by molar-refractivity contribution is 5.30. The molecule has 0 bridgehead atoms. The minimum absolute atomic E-state index is 0.179. The number of allylic oxidation sites excluding steroid dienone is 4. The van der Waals surface area contributed by atoms with E-state index in [-0.39, 0.29) is 5.75 Å². The number of hydrogen-bond acceptors (Lipinski definition) is 2. The highest BCUT2D eigenvalue weighted by Crippen LogP contribution is 2.37. The molecule has 23 heavy (non-hydrogen) atoms. The van der Waals surface area contributed by atoms with E-state index < -0.39 is 6.36 Å². The molecule has 0 spiro atoms. The van der Waals surface area contributed by atoms with Crippen LogP contribution >= 0.6 is 0 Å². The molecule has 0 atom stereocenters. The summed E-state index contributed by atoms with van der Waals surface area (Å²) < 4.78 is 40.3. The highest BCUT2D eigenvalue weighted by atomic mass is 19.4. The number of alkyl halides is 3. The van der Waals surface area contributed by atoms with Crippen LogP contribution in [0.4, 0.5) is 13.2 Å². The van der Waals surface area contributed by atoms with Gasteiger partial charge in [-0.2, -0.15) is 5.26 Å². The Labute approximate surface area is 133 Å². The Hall–Kier alpha value is -2.22. The monoisotopic (exact) mass is 321 g/mol.